The number of hydrogen-bond donors (Lipinski definition) is 1. The molecule has 0 aromatic rings. The predicted octanol–water partition coefficient (Wildman–Crippen LogP) is 2.02. The Morgan fingerprint density at radius 3 is 2.89 bits per heavy atom. The maximum absolute atomic E-state index is 12.1. The standard InChI is InChI=1S/C14H23NO3/c1-3-5-11-13(17)15-12(16)9-14(11)7-4-6-10(8-14)18-2/h10-11H,3-9H2,1-2H3,(H,15,16,17). The highest BCUT2D eigenvalue weighted by Crippen LogP contribution is 2.49. The van der Waals surface area contributed by atoms with Gasteiger partial charge in [-0.25, -0.2) is 0 Å². The zero-order chi connectivity index (χ0) is 13.2. The van der Waals surface area contributed by atoms with Crippen LogP contribution in [0.1, 0.15) is 51.9 Å². The highest BCUT2D eigenvalue weighted by Gasteiger charge is 2.49. The molecule has 4 nitrogen and oxygen atoms in total. The average molecular weight is 253 g/mol. The molecule has 3 atom stereocenters. The van der Waals surface area contributed by atoms with E-state index < -0.39 is 0 Å². The van der Waals surface area contributed by atoms with E-state index in [1.54, 1.807) is 7.11 Å². The summed E-state index contributed by atoms with van der Waals surface area (Å²) in [5.74, 6) is -0.188. The molecule has 0 aromatic heterocycles. The van der Waals surface area contributed by atoms with E-state index in [4.69, 9.17) is 4.74 Å². The van der Waals surface area contributed by atoms with Crippen LogP contribution in [-0.4, -0.2) is 25.0 Å². The molecule has 3 unspecified atom stereocenters. The molecule has 1 heterocycles. The van der Waals surface area contributed by atoms with Gasteiger partial charge in [0.2, 0.25) is 11.8 Å². The SMILES string of the molecule is CCCC1C(=O)NC(=O)CC12CCCC(OC)C2. The van der Waals surface area contributed by atoms with Crippen molar-refractivity contribution in [3.8, 4) is 0 Å². The lowest BCUT2D eigenvalue weighted by atomic mass is 9.60. The summed E-state index contributed by atoms with van der Waals surface area (Å²) >= 11 is 0. The summed E-state index contributed by atoms with van der Waals surface area (Å²) in [4.78, 5) is 23.8. The van der Waals surface area contributed by atoms with Gasteiger partial charge in [0.15, 0.2) is 0 Å². The molecular weight excluding hydrogens is 230 g/mol. The fourth-order valence-corrected chi connectivity index (χ4v) is 3.73. The lowest BCUT2D eigenvalue weighted by Gasteiger charge is -2.47. The first-order chi connectivity index (χ1) is 8.61. The predicted molar refractivity (Wildman–Crippen MR) is 67.9 cm³/mol. The molecule has 2 amide bonds. The number of methoxy groups -OCH3 is 1. The van der Waals surface area contributed by atoms with Gasteiger partial charge in [0.05, 0.1) is 6.10 Å². The van der Waals surface area contributed by atoms with Crippen molar-refractivity contribution in [3.05, 3.63) is 0 Å². The van der Waals surface area contributed by atoms with Gasteiger partial charge in [-0.3, -0.25) is 14.9 Å². The summed E-state index contributed by atoms with van der Waals surface area (Å²) in [6, 6.07) is 0. The summed E-state index contributed by atoms with van der Waals surface area (Å²) in [6.07, 6.45) is 6.48. The van der Waals surface area contributed by atoms with E-state index >= 15 is 0 Å². The third-order valence-corrected chi connectivity index (χ3v) is 4.58. The highest BCUT2D eigenvalue weighted by atomic mass is 16.5. The smallest absolute Gasteiger partial charge is 0.230 e. The molecule has 0 aromatic carbocycles. The van der Waals surface area contributed by atoms with E-state index in [2.05, 4.69) is 12.2 Å². The Balaban J connectivity index is 2.23. The molecule has 2 rings (SSSR count). The third-order valence-electron chi connectivity index (χ3n) is 4.58. The summed E-state index contributed by atoms with van der Waals surface area (Å²) < 4.78 is 5.47. The first-order valence-electron chi connectivity index (χ1n) is 6.98. The lowest BCUT2D eigenvalue weighted by molar-refractivity contribution is -0.148. The molecule has 2 fully saturated rings. The van der Waals surface area contributed by atoms with Gasteiger partial charge in [-0.05, 0) is 31.1 Å². The highest BCUT2D eigenvalue weighted by molar-refractivity contribution is 5.99. The van der Waals surface area contributed by atoms with Crippen LogP contribution in [0.3, 0.4) is 0 Å². The molecule has 1 saturated carbocycles. The Morgan fingerprint density at radius 2 is 2.22 bits per heavy atom. The van der Waals surface area contributed by atoms with E-state index in [0.29, 0.717) is 6.42 Å². The number of imide groups is 1. The van der Waals surface area contributed by atoms with Gasteiger partial charge in [-0.15, -0.1) is 0 Å². The normalized spacial score (nSPS) is 36.8. The van der Waals surface area contributed by atoms with Crippen LogP contribution in [0, 0.1) is 11.3 Å². The molecule has 0 bridgehead atoms. The maximum Gasteiger partial charge on any atom is 0.230 e. The molecule has 2 aliphatic rings. The van der Waals surface area contributed by atoms with Crippen molar-refractivity contribution in [2.24, 2.45) is 11.3 Å². The number of carbonyl (C=O) groups is 2. The number of piperidine rings is 1. The largest absolute Gasteiger partial charge is 0.381 e. The van der Waals surface area contributed by atoms with E-state index in [1.165, 1.54) is 0 Å². The fraction of sp³-hybridized carbons (Fsp3) is 0.857. The van der Waals surface area contributed by atoms with Gasteiger partial charge < -0.3 is 4.74 Å². The number of amides is 2. The van der Waals surface area contributed by atoms with Gasteiger partial charge >= 0.3 is 0 Å². The monoisotopic (exact) mass is 253 g/mol. The van der Waals surface area contributed by atoms with Crippen LogP contribution >= 0.6 is 0 Å². The Kier molecular flexibility index (Phi) is 4.05. The van der Waals surface area contributed by atoms with Crippen LogP contribution in [0.15, 0.2) is 0 Å². The third kappa shape index (κ3) is 2.44. The molecule has 1 saturated heterocycles. The average Bonchev–Trinajstić information content (AvgIpc) is 2.34. The van der Waals surface area contributed by atoms with Crippen molar-refractivity contribution in [3.63, 3.8) is 0 Å². The maximum atomic E-state index is 12.1. The first-order valence-corrected chi connectivity index (χ1v) is 6.98. The number of carbonyl (C=O) groups excluding carboxylic acids is 2. The zero-order valence-electron chi connectivity index (χ0n) is 11.3. The molecule has 1 spiro atoms. The van der Waals surface area contributed by atoms with Crippen molar-refractivity contribution < 1.29 is 14.3 Å². The van der Waals surface area contributed by atoms with Crippen LogP contribution < -0.4 is 5.32 Å². The zero-order valence-corrected chi connectivity index (χ0v) is 11.3. The second-order valence-electron chi connectivity index (χ2n) is 5.75. The Bertz CT molecular complexity index is 342. The molecule has 1 aliphatic heterocycles. The van der Waals surface area contributed by atoms with Gasteiger partial charge in [-0.1, -0.05) is 19.8 Å². The van der Waals surface area contributed by atoms with E-state index in [9.17, 15) is 9.59 Å². The van der Waals surface area contributed by atoms with Gasteiger partial charge in [0, 0.05) is 19.4 Å². The summed E-state index contributed by atoms with van der Waals surface area (Å²) in [6.45, 7) is 2.09. The molecule has 1 aliphatic carbocycles. The number of rotatable bonds is 3. The van der Waals surface area contributed by atoms with Crippen molar-refractivity contribution >= 4 is 11.8 Å². The minimum atomic E-state index is -0.144. The van der Waals surface area contributed by atoms with E-state index in [1.807, 2.05) is 0 Å². The molecule has 0 radical (unpaired) electrons. The van der Waals surface area contributed by atoms with Crippen molar-refractivity contribution in [2.75, 3.05) is 7.11 Å². The summed E-state index contributed by atoms with van der Waals surface area (Å²) in [5, 5.41) is 2.50. The minimum absolute atomic E-state index is 0.0156. The van der Waals surface area contributed by atoms with Crippen molar-refractivity contribution in [2.45, 2.75) is 58.0 Å². The van der Waals surface area contributed by atoms with E-state index in [0.717, 1.165) is 38.5 Å². The molecule has 102 valence electrons. The molecule has 18 heavy (non-hydrogen) atoms. The summed E-state index contributed by atoms with van der Waals surface area (Å²) in [7, 11) is 1.73. The van der Waals surface area contributed by atoms with E-state index in [-0.39, 0.29) is 29.3 Å². The minimum Gasteiger partial charge on any atom is -0.381 e. The Labute approximate surface area is 108 Å². The Morgan fingerprint density at radius 1 is 1.44 bits per heavy atom. The quantitative estimate of drug-likeness (QED) is 0.783. The first kappa shape index (κ1) is 13.5. The van der Waals surface area contributed by atoms with Crippen LogP contribution in [0.2, 0.25) is 0 Å². The fourth-order valence-electron chi connectivity index (χ4n) is 3.73. The molecular formula is C14H23NO3. The Hall–Kier alpha value is -0.900. The van der Waals surface area contributed by atoms with Gasteiger partial charge in [0.1, 0.15) is 0 Å². The summed E-state index contributed by atoms with van der Waals surface area (Å²) in [5.41, 5.74) is -0.144. The van der Waals surface area contributed by atoms with Gasteiger partial charge in [0.25, 0.3) is 0 Å². The van der Waals surface area contributed by atoms with Crippen LogP contribution in [0.4, 0.5) is 0 Å². The van der Waals surface area contributed by atoms with Gasteiger partial charge in [-0.2, -0.15) is 0 Å². The molecule has 1 N–H and O–H groups in total. The number of hydrogen-bond acceptors (Lipinski definition) is 3. The second-order valence-corrected chi connectivity index (χ2v) is 5.75. The van der Waals surface area contributed by atoms with Crippen molar-refractivity contribution in [1.29, 1.82) is 0 Å². The lowest BCUT2D eigenvalue weighted by Crippen LogP contribution is -2.54. The molecule has 4 heteroatoms. The van der Waals surface area contributed by atoms with Crippen LogP contribution in [0.5, 0.6) is 0 Å². The second kappa shape index (κ2) is 5.39. The number of ether oxygens (including phenoxy) is 1. The van der Waals surface area contributed by atoms with Crippen LogP contribution in [0.25, 0.3) is 0 Å². The van der Waals surface area contributed by atoms with Crippen molar-refractivity contribution in [1.82, 2.24) is 5.32 Å². The number of nitrogens with one attached hydrogen (secondary N) is 1. The topological polar surface area (TPSA) is 55.4 Å². The van der Waals surface area contributed by atoms with Crippen LogP contribution in [-0.2, 0) is 14.3 Å².